The van der Waals surface area contributed by atoms with Gasteiger partial charge < -0.3 is 9.61 Å². The first kappa shape index (κ1) is 7.29. The van der Waals surface area contributed by atoms with Gasteiger partial charge in [0.25, 0.3) is 0 Å². The standard InChI is InChI=1S/C6H9BN2O/c7-9-3-5(2-8)1-6(9)4-10/h4-6H,1,3,7H2. The average Bonchev–Trinajstić information content (AvgIpc) is 2.30. The van der Waals surface area contributed by atoms with Gasteiger partial charge in [-0.1, -0.05) is 0 Å². The molecular formula is C6H9BN2O. The zero-order valence-corrected chi connectivity index (χ0v) is 5.95. The number of nitrogens with zero attached hydrogens (tertiary/aromatic N) is 2. The fraction of sp³-hybridized carbons (Fsp3) is 0.667. The van der Waals surface area contributed by atoms with Gasteiger partial charge in [-0.25, -0.2) is 0 Å². The number of carbonyl (C=O) groups excluding carboxylic acids is 1. The van der Waals surface area contributed by atoms with Crippen molar-refractivity contribution in [2.24, 2.45) is 5.92 Å². The van der Waals surface area contributed by atoms with Crippen LogP contribution < -0.4 is 0 Å². The number of hydrogen-bond acceptors (Lipinski definition) is 3. The lowest BCUT2D eigenvalue weighted by atomic mass is 10.1. The molecule has 1 saturated heterocycles. The number of hydrogen-bond donors (Lipinski definition) is 0. The Bertz CT molecular complexity index is 177. The van der Waals surface area contributed by atoms with Crippen molar-refractivity contribution in [3.63, 3.8) is 0 Å². The summed E-state index contributed by atoms with van der Waals surface area (Å²) in [5.41, 5.74) is 0. The van der Waals surface area contributed by atoms with Gasteiger partial charge >= 0.3 is 0 Å². The summed E-state index contributed by atoms with van der Waals surface area (Å²) in [6.07, 6.45) is 1.62. The predicted octanol–water partition coefficient (Wildman–Crippen LogP) is -1.05. The van der Waals surface area contributed by atoms with E-state index in [0.717, 1.165) is 12.8 Å². The van der Waals surface area contributed by atoms with Crippen molar-refractivity contribution >= 4 is 14.3 Å². The van der Waals surface area contributed by atoms with E-state index in [2.05, 4.69) is 6.07 Å². The van der Waals surface area contributed by atoms with Gasteiger partial charge in [0.05, 0.1) is 18.0 Å². The summed E-state index contributed by atoms with van der Waals surface area (Å²) in [6, 6.07) is 2.13. The molecule has 1 aliphatic heterocycles. The third-order valence-electron chi connectivity index (χ3n) is 1.94. The van der Waals surface area contributed by atoms with Gasteiger partial charge in [0.2, 0.25) is 0 Å². The molecule has 3 nitrogen and oxygen atoms in total. The van der Waals surface area contributed by atoms with Crippen LogP contribution in [0, 0.1) is 17.2 Å². The second-order valence-electron chi connectivity index (χ2n) is 2.70. The maximum absolute atomic E-state index is 10.3. The van der Waals surface area contributed by atoms with Crippen LogP contribution in [-0.2, 0) is 4.79 Å². The van der Waals surface area contributed by atoms with E-state index in [1.165, 1.54) is 0 Å². The van der Waals surface area contributed by atoms with Crippen molar-refractivity contribution in [1.82, 2.24) is 4.81 Å². The number of nitriles is 1. The van der Waals surface area contributed by atoms with E-state index in [-0.39, 0.29) is 12.0 Å². The smallest absolute Gasteiger partial charge is 0.186 e. The van der Waals surface area contributed by atoms with Crippen LogP contribution in [0.25, 0.3) is 0 Å². The highest BCUT2D eigenvalue weighted by Crippen LogP contribution is 2.18. The van der Waals surface area contributed by atoms with Crippen LogP contribution in [-0.4, -0.2) is 31.7 Å². The topological polar surface area (TPSA) is 44.1 Å². The lowest BCUT2D eigenvalue weighted by Crippen LogP contribution is -2.27. The lowest BCUT2D eigenvalue weighted by molar-refractivity contribution is -0.110. The molecule has 1 rings (SSSR count). The normalized spacial score (nSPS) is 33.5. The molecule has 1 heterocycles. The first-order chi connectivity index (χ1) is 4.77. The van der Waals surface area contributed by atoms with Crippen LogP contribution in [0.4, 0.5) is 0 Å². The molecule has 0 aliphatic carbocycles. The molecule has 0 spiro atoms. The van der Waals surface area contributed by atoms with E-state index < -0.39 is 0 Å². The Morgan fingerprint density at radius 2 is 2.50 bits per heavy atom. The summed E-state index contributed by atoms with van der Waals surface area (Å²) < 4.78 is 0. The molecule has 10 heavy (non-hydrogen) atoms. The SMILES string of the molecule is BN1CC(C#N)CC1C=O. The highest BCUT2D eigenvalue weighted by atomic mass is 16.1. The van der Waals surface area contributed by atoms with E-state index >= 15 is 0 Å². The summed E-state index contributed by atoms with van der Waals surface area (Å²) in [7, 11) is 1.87. The van der Waals surface area contributed by atoms with Crippen molar-refractivity contribution < 1.29 is 4.79 Å². The van der Waals surface area contributed by atoms with Gasteiger partial charge in [0, 0.05) is 6.54 Å². The quantitative estimate of drug-likeness (QED) is 0.341. The van der Waals surface area contributed by atoms with Crippen LogP contribution in [0.2, 0.25) is 0 Å². The fourth-order valence-electron chi connectivity index (χ4n) is 1.28. The molecule has 2 atom stereocenters. The summed E-state index contributed by atoms with van der Waals surface area (Å²) in [4.78, 5) is 12.2. The third kappa shape index (κ3) is 1.19. The second kappa shape index (κ2) is 2.85. The van der Waals surface area contributed by atoms with E-state index in [0.29, 0.717) is 6.42 Å². The van der Waals surface area contributed by atoms with Crippen molar-refractivity contribution in [1.29, 1.82) is 5.26 Å². The molecule has 0 aromatic carbocycles. The Balaban J connectivity index is 2.53. The van der Waals surface area contributed by atoms with E-state index in [4.69, 9.17) is 5.26 Å². The largest absolute Gasteiger partial charge is 0.339 e. The second-order valence-corrected chi connectivity index (χ2v) is 2.70. The zero-order valence-electron chi connectivity index (χ0n) is 5.95. The van der Waals surface area contributed by atoms with Crippen LogP contribution >= 0.6 is 0 Å². The first-order valence-electron chi connectivity index (χ1n) is 3.33. The Morgan fingerprint density at radius 1 is 1.80 bits per heavy atom. The Hall–Kier alpha value is -0.815. The van der Waals surface area contributed by atoms with Crippen molar-refractivity contribution in [2.45, 2.75) is 12.5 Å². The minimum Gasteiger partial charge on any atom is -0.339 e. The molecular weight excluding hydrogens is 127 g/mol. The number of aldehydes is 1. The molecule has 2 unspecified atom stereocenters. The molecule has 52 valence electrons. The molecule has 0 aromatic rings. The molecule has 4 heteroatoms. The monoisotopic (exact) mass is 136 g/mol. The number of carbonyl (C=O) groups is 1. The van der Waals surface area contributed by atoms with Gasteiger partial charge in [-0.3, -0.25) is 0 Å². The minimum atomic E-state index is -0.0235. The highest BCUT2D eigenvalue weighted by molar-refractivity contribution is 6.06. The van der Waals surface area contributed by atoms with Crippen LogP contribution in [0.15, 0.2) is 0 Å². The van der Waals surface area contributed by atoms with E-state index in [1.807, 2.05) is 12.8 Å². The van der Waals surface area contributed by atoms with E-state index in [9.17, 15) is 4.79 Å². The zero-order chi connectivity index (χ0) is 7.56. The minimum absolute atomic E-state index is 0.0235. The number of rotatable bonds is 1. The maximum atomic E-state index is 10.3. The first-order valence-corrected chi connectivity index (χ1v) is 3.33. The fourth-order valence-corrected chi connectivity index (χ4v) is 1.28. The Morgan fingerprint density at radius 3 is 2.80 bits per heavy atom. The Labute approximate surface area is 61.0 Å². The van der Waals surface area contributed by atoms with Gasteiger partial charge in [-0.05, 0) is 6.42 Å². The molecule has 0 radical (unpaired) electrons. The molecule has 0 aromatic heterocycles. The van der Waals surface area contributed by atoms with Gasteiger partial charge in [0.1, 0.15) is 6.29 Å². The maximum Gasteiger partial charge on any atom is 0.186 e. The lowest BCUT2D eigenvalue weighted by Gasteiger charge is -2.11. The molecule has 1 aliphatic rings. The van der Waals surface area contributed by atoms with Gasteiger partial charge in [-0.2, -0.15) is 5.26 Å². The van der Waals surface area contributed by atoms with E-state index in [1.54, 1.807) is 0 Å². The van der Waals surface area contributed by atoms with Gasteiger partial charge in [-0.15, -0.1) is 0 Å². The average molecular weight is 136 g/mol. The van der Waals surface area contributed by atoms with Crippen LogP contribution in [0.3, 0.4) is 0 Å². The summed E-state index contributed by atoms with van der Waals surface area (Å²) in [6.45, 7) is 0.736. The Kier molecular flexibility index (Phi) is 2.08. The van der Waals surface area contributed by atoms with Crippen molar-refractivity contribution in [3.05, 3.63) is 0 Å². The van der Waals surface area contributed by atoms with Crippen LogP contribution in [0.1, 0.15) is 6.42 Å². The summed E-state index contributed by atoms with van der Waals surface area (Å²) in [5, 5.41) is 8.50. The molecule has 0 saturated carbocycles. The summed E-state index contributed by atoms with van der Waals surface area (Å²) in [5.74, 6) is 0.0557. The van der Waals surface area contributed by atoms with Crippen molar-refractivity contribution in [2.75, 3.05) is 6.54 Å². The van der Waals surface area contributed by atoms with Gasteiger partial charge in [0.15, 0.2) is 7.98 Å². The molecule has 1 fully saturated rings. The molecule has 0 bridgehead atoms. The van der Waals surface area contributed by atoms with Crippen LogP contribution in [0.5, 0.6) is 0 Å². The third-order valence-corrected chi connectivity index (χ3v) is 1.94. The summed E-state index contributed by atoms with van der Waals surface area (Å²) >= 11 is 0. The predicted molar refractivity (Wildman–Crippen MR) is 38.8 cm³/mol. The highest BCUT2D eigenvalue weighted by Gasteiger charge is 2.27. The molecule has 0 amide bonds. The molecule has 0 N–H and O–H groups in total. The van der Waals surface area contributed by atoms with Crippen molar-refractivity contribution in [3.8, 4) is 6.07 Å².